The van der Waals surface area contributed by atoms with Gasteiger partial charge < -0.3 is 9.47 Å². The zero-order valence-electron chi connectivity index (χ0n) is 22.1. The molecule has 2 N–H and O–H groups in total. The third-order valence-corrected chi connectivity index (χ3v) is 8.52. The average Bonchev–Trinajstić information content (AvgIpc) is 3.43. The molecule has 0 saturated heterocycles. The maximum Gasteiger partial charge on any atom is 0.426 e. The highest BCUT2D eigenvalue weighted by atomic mass is 32.2. The second-order valence-electron chi connectivity index (χ2n) is 10.3. The maximum atomic E-state index is 13.8. The minimum Gasteiger partial charge on any atom is -0.484 e. The summed E-state index contributed by atoms with van der Waals surface area (Å²) >= 11 is 0. The van der Waals surface area contributed by atoms with Crippen molar-refractivity contribution in [2.75, 3.05) is 11.5 Å². The van der Waals surface area contributed by atoms with E-state index in [-0.39, 0.29) is 12.2 Å². The summed E-state index contributed by atoms with van der Waals surface area (Å²) in [5.41, 5.74) is 3.81. The van der Waals surface area contributed by atoms with Gasteiger partial charge in [-0.2, -0.15) is 43.2 Å². The van der Waals surface area contributed by atoms with Gasteiger partial charge in [0.1, 0.15) is 23.4 Å². The van der Waals surface area contributed by atoms with Crippen LogP contribution in [0.25, 0.3) is 28.3 Å². The molecule has 0 heterocycles. The van der Waals surface area contributed by atoms with Crippen LogP contribution in [0.2, 0.25) is 0 Å². The molecular weight excluding hydrogens is 642 g/mol. The van der Waals surface area contributed by atoms with Crippen LogP contribution in [0.5, 0.6) is 0 Å². The van der Waals surface area contributed by atoms with Gasteiger partial charge in [-0.15, -0.1) is 0 Å². The smallest absolute Gasteiger partial charge is 0.426 e. The molecule has 5 rings (SSSR count). The number of hydrogen-bond acceptors (Lipinski definition) is 6. The molecule has 0 radical (unpaired) electrons. The van der Waals surface area contributed by atoms with Gasteiger partial charge in [0.2, 0.25) is 6.10 Å². The zero-order chi connectivity index (χ0) is 32.2. The highest BCUT2D eigenvalue weighted by Gasteiger charge is 2.47. The number of rotatable bonds is 9. The number of alkyl halides is 6. The molecule has 3 unspecified atom stereocenters. The van der Waals surface area contributed by atoms with E-state index in [0.717, 1.165) is 0 Å². The van der Waals surface area contributed by atoms with Gasteiger partial charge in [-0.25, -0.2) is 0 Å². The quantitative estimate of drug-likeness (QED) is 0.211. The second-order valence-corrected chi connectivity index (χ2v) is 13.3. The molecule has 16 heteroatoms. The van der Waals surface area contributed by atoms with Crippen molar-refractivity contribution in [1.82, 2.24) is 0 Å². The average molecular weight is 665 g/mol. The van der Waals surface area contributed by atoms with E-state index in [4.69, 9.17) is 18.6 Å². The Hall–Kier alpha value is -3.44. The summed E-state index contributed by atoms with van der Waals surface area (Å²) in [4.78, 5) is 0. The standard InChI is InChI=1S/C28H22F6O8S2/c29-27(30,31)24(13-43(35,36)37)41-19-10-16-6-5-15(9-18(16)11-19)17-7-8-21-20-3-1-2-4-22(20)26(23(21)12-17)42-25(28(32,33)34)14-44(38,39)40/h1-10,12,24-26H,11,13-14H2,(H,35,36,37)(H,38,39,40). The first-order valence-corrected chi connectivity index (χ1v) is 15.9. The third kappa shape index (κ3) is 7.10. The van der Waals surface area contributed by atoms with Gasteiger partial charge in [0.25, 0.3) is 20.2 Å². The van der Waals surface area contributed by atoms with Crippen LogP contribution < -0.4 is 0 Å². The fraction of sp³-hybridized carbons (Fsp3) is 0.286. The first-order chi connectivity index (χ1) is 20.3. The lowest BCUT2D eigenvalue weighted by molar-refractivity contribution is -0.222. The van der Waals surface area contributed by atoms with Crippen molar-refractivity contribution in [1.29, 1.82) is 0 Å². The summed E-state index contributed by atoms with van der Waals surface area (Å²) < 4.78 is 154. The van der Waals surface area contributed by atoms with Gasteiger partial charge in [-0.1, -0.05) is 54.6 Å². The normalized spacial score (nSPS) is 17.8. The first kappa shape index (κ1) is 32.0. The topological polar surface area (TPSA) is 127 Å². The molecule has 8 nitrogen and oxygen atoms in total. The molecule has 0 bridgehead atoms. The lowest BCUT2D eigenvalue weighted by Crippen LogP contribution is -2.38. The summed E-state index contributed by atoms with van der Waals surface area (Å²) in [6, 6.07) is 16.2. The lowest BCUT2D eigenvalue weighted by Gasteiger charge is -2.25. The van der Waals surface area contributed by atoms with Crippen LogP contribution in [0.1, 0.15) is 28.4 Å². The Bertz CT molecular complexity index is 1850. The fourth-order valence-electron chi connectivity index (χ4n) is 5.19. The summed E-state index contributed by atoms with van der Waals surface area (Å²) in [6.45, 7) is 0. The molecule has 44 heavy (non-hydrogen) atoms. The van der Waals surface area contributed by atoms with Gasteiger partial charge in [0.05, 0.1) is 0 Å². The number of fused-ring (bicyclic) bond motifs is 4. The Morgan fingerprint density at radius 1 is 0.750 bits per heavy atom. The molecule has 0 spiro atoms. The Morgan fingerprint density at radius 2 is 1.32 bits per heavy atom. The second kappa shape index (κ2) is 11.2. The summed E-state index contributed by atoms with van der Waals surface area (Å²) in [5, 5.41) is 0. The number of benzene rings is 3. The van der Waals surface area contributed by atoms with Crippen molar-refractivity contribution < 1.29 is 61.8 Å². The van der Waals surface area contributed by atoms with Crippen LogP contribution >= 0.6 is 0 Å². The van der Waals surface area contributed by atoms with Crippen LogP contribution in [-0.4, -0.2) is 62.0 Å². The molecule has 0 amide bonds. The molecule has 3 aromatic rings. The van der Waals surface area contributed by atoms with Crippen molar-refractivity contribution in [3.8, 4) is 22.3 Å². The highest BCUT2D eigenvalue weighted by molar-refractivity contribution is 7.86. The van der Waals surface area contributed by atoms with Gasteiger partial charge in [0.15, 0.2) is 6.10 Å². The van der Waals surface area contributed by atoms with E-state index in [0.29, 0.717) is 44.5 Å². The van der Waals surface area contributed by atoms with Crippen molar-refractivity contribution in [2.24, 2.45) is 0 Å². The predicted molar refractivity (Wildman–Crippen MR) is 146 cm³/mol. The predicted octanol–water partition coefficient (Wildman–Crippen LogP) is 5.99. The minimum atomic E-state index is -5.12. The van der Waals surface area contributed by atoms with E-state index >= 15 is 0 Å². The molecule has 236 valence electrons. The molecular formula is C28H22F6O8S2. The van der Waals surface area contributed by atoms with Gasteiger partial charge in [-0.3, -0.25) is 9.11 Å². The van der Waals surface area contributed by atoms with Crippen molar-refractivity contribution in [3.63, 3.8) is 0 Å². The Balaban J connectivity index is 1.44. The number of ether oxygens (including phenoxy) is 2. The third-order valence-electron chi connectivity index (χ3n) is 7.07. The van der Waals surface area contributed by atoms with E-state index in [1.165, 1.54) is 6.08 Å². The lowest BCUT2D eigenvalue weighted by atomic mass is 9.96. The minimum absolute atomic E-state index is 0.133. The SMILES string of the molecule is O=S(=O)(O)CC(OC1=Cc2ccc(-c3ccc4c(c3)C(OC(CS(=O)(=O)O)C(F)(F)F)c3ccccc3-4)cc2C1)C(F)(F)F. The molecule has 3 atom stereocenters. The molecule has 0 aliphatic heterocycles. The largest absolute Gasteiger partial charge is 0.484 e. The highest BCUT2D eigenvalue weighted by Crippen LogP contribution is 2.48. The fourth-order valence-corrected chi connectivity index (χ4v) is 6.48. The van der Waals surface area contributed by atoms with E-state index in [1.807, 2.05) is 0 Å². The van der Waals surface area contributed by atoms with Gasteiger partial charge in [0, 0.05) is 6.42 Å². The van der Waals surface area contributed by atoms with E-state index in [1.54, 1.807) is 60.7 Å². The Morgan fingerprint density at radius 3 is 1.95 bits per heavy atom. The molecule has 0 aromatic heterocycles. The molecule has 0 saturated carbocycles. The number of halogens is 6. The van der Waals surface area contributed by atoms with Crippen LogP contribution in [0.15, 0.2) is 66.4 Å². The summed E-state index contributed by atoms with van der Waals surface area (Å²) in [5.74, 6) is -3.57. The molecule has 2 aliphatic carbocycles. The van der Waals surface area contributed by atoms with Crippen LogP contribution in [-0.2, 0) is 36.1 Å². The monoisotopic (exact) mass is 664 g/mol. The van der Waals surface area contributed by atoms with Gasteiger partial charge >= 0.3 is 12.4 Å². The van der Waals surface area contributed by atoms with Crippen molar-refractivity contribution >= 4 is 26.3 Å². The Kier molecular flexibility index (Phi) is 8.12. The van der Waals surface area contributed by atoms with E-state index < -0.39 is 62.4 Å². The van der Waals surface area contributed by atoms with Crippen LogP contribution in [0.3, 0.4) is 0 Å². The van der Waals surface area contributed by atoms with Crippen LogP contribution in [0, 0.1) is 0 Å². The molecule has 2 aliphatic rings. The van der Waals surface area contributed by atoms with Crippen molar-refractivity contribution in [2.45, 2.75) is 37.1 Å². The number of allylic oxidation sites excluding steroid dienone is 1. The number of hydrogen-bond donors (Lipinski definition) is 2. The summed E-state index contributed by atoms with van der Waals surface area (Å²) in [6.07, 6.45) is -16.0. The zero-order valence-corrected chi connectivity index (χ0v) is 23.8. The van der Waals surface area contributed by atoms with Gasteiger partial charge in [-0.05, 0) is 56.6 Å². The Labute approximate surface area is 247 Å². The first-order valence-electron chi connectivity index (χ1n) is 12.7. The summed E-state index contributed by atoms with van der Waals surface area (Å²) in [7, 11) is -10.1. The molecule has 3 aromatic carbocycles. The van der Waals surface area contributed by atoms with Crippen molar-refractivity contribution in [3.05, 3.63) is 88.7 Å². The van der Waals surface area contributed by atoms with E-state index in [9.17, 15) is 43.2 Å². The van der Waals surface area contributed by atoms with Crippen LogP contribution in [0.4, 0.5) is 26.3 Å². The van der Waals surface area contributed by atoms with E-state index in [2.05, 4.69) is 0 Å². The maximum absolute atomic E-state index is 13.8. The molecule has 0 fully saturated rings.